The molecule has 156 valence electrons. The second-order valence-electron chi connectivity index (χ2n) is 6.60. The summed E-state index contributed by atoms with van der Waals surface area (Å²) in [4.78, 5) is 22.6. The first kappa shape index (κ1) is 20.5. The van der Waals surface area contributed by atoms with Crippen molar-refractivity contribution in [2.75, 3.05) is 12.4 Å². The predicted octanol–water partition coefficient (Wildman–Crippen LogP) is 5.03. The molecule has 0 saturated carbocycles. The summed E-state index contributed by atoms with van der Waals surface area (Å²) in [5.41, 5.74) is 2.25. The molecule has 0 saturated heterocycles. The Bertz CT molecular complexity index is 1190. The molecule has 4 rings (SSSR count). The number of nitrogens with zero attached hydrogens (tertiary/aromatic N) is 2. The van der Waals surface area contributed by atoms with E-state index >= 15 is 0 Å². The molecule has 2 N–H and O–H groups in total. The van der Waals surface area contributed by atoms with Crippen LogP contribution in [0, 0.1) is 5.82 Å². The molecule has 0 aliphatic carbocycles. The van der Waals surface area contributed by atoms with Crippen molar-refractivity contribution >= 4 is 28.9 Å². The Hall–Kier alpha value is -3.78. The van der Waals surface area contributed by atoms with E-state index in [-0.39, 0.29) is 18.3 Å². The lowest BCUT2D eigenvalue weighted by atomic mass is 10.2. The lowest BCUT2D eigenvalue weighted by molar-refractivity contribution is 0.0955. The summed E-state index contributed by atoms with van der Waals surface area (Å²) >= 11 is 1.33. The molecule has 0 spiro atoms. The third kappa shape index (κ3) is 5.23. The van der Waals surface area contributed by atoms with Crippen LogP contribution in [0.1, 0.15) is 15.2 Å². The molecule has 0 fully saturated rings. The van der Waals surface area contributed by atoms with Crippen molar-refractivity contribution in [3.05, 3.63) is 89.2 Å². The fraction of sp³-hybridized carbons (Fsp3) is 0.0870. The van der Waals surface area contributed by atoms with E-state index in [0.29, 0.717) is 22.1 Å². The lowest BCUT2D eigenvalue weighted by Gasteiger charge is -2.07. The number of hydrogen-bond donors (Lipinski definition) is 2. The van der Waals surface area contributed by atoms with Crippen LogP contribution in [0.25, 0.3) is 10.6 Å². The third-order valence-corrected chi connectivity index (χ3v) is 5.53. The van der Waals surface area contributed by atoms with Crippen molar-refractivity contribution in [3.8, 4) is 16.3 Å². The minimum absolute atomic E-state index is 0.217. The number of carbonyl (C=O) groups excluding carboxylic acids is 1. The van der Waals surface area contributed by atoms with Gasteiger partial charge in [0.15, 0.2) is 0 Å². The van der Waals surface area contributed by atoms with E-state index in [9.17, 15) is 9.18 Å². The number of amides is 1. The van der Waals surface area contributed by atoms with Crippen LogP contribution in [0.5, 0.6) is 5.75 Å². The first-order valence-corrected chi connectivity index (χ1v) is 10.3. The number of halogens is 1. The SMILES string of the molecule is COc1ccc(Nc2nccc(-c3ccc(C(=O)NCc4cccc(F)c4)s3)n2)cc1. The van der Waals surface area contributed by atoms with Crippen molar-refractivity contribution in [2.24, 2.45) is 0 Å². The van der Waals surface area contributed by atoms with E-state index < -0.39 is 0 Å². The highest BCUT2D eigenvalue weighted by molar-refractivity contribution is 7.17. The summed E-state index contributed by atoms with van der Waals surface area (Å²) in [6.45, 7) is 0.257. The van der Waals surface area contributed by atoms with E-state index in [4.69, 9.17) is 4.74 Å². The molecule has 0 unspecified atom stereocenters. The molecule has 2 aromatic heterocycles. The molecule has 1 amide bonds. The van der Waals surface area contributed by atoms with Gasteiger partial charge in [-0.05, 0) is 60.2 Å². The van der Waals surface area contributed by atoms with Crippen LogP contribution in [0.3, 0.4) is 0 Å². The van der Waals surface area contributed by atoms with Gasteiger partial charge in [-0.1, -0.05) is 12.1 Å². The third-order valence-electron chi connectivity index (χ3n) is 4.43. The van der Waals surface area contributed by atoms with E-state index in [0.717, 1.165) is 16.3 Å². The Morgan fingerprint density at radius 3 is 2.71 bits per heavy atom. The predicted molar refractivity (Wildman–Crippen MR) is 119 cm³/mol. The van der Waals surface area contributed by atoms with Crippen LogP contribution in [0.15, 0.2) is 72.9 Å². The summed E-state index contributed by atoms with van der Waals surface area (Å²) in [7, 11) is 1.62. The van der Waals surface area contributed by atoms with Crippen LogP contribution in [-0.2, 0) is 6.54 Å². The average molecular weight is 434 g/mol. The van der Waals surface area contributed by atoms with E-state index in [1.165, 1.54) is 23.5 Å². The minimum Gasteiger partial charge on any atom is -0.497 e. The average Bonchev–Trinajstić information content (AvgIpc) is 3.29. The number of ether oxygens (including phenoxy) is 1. The number of thiophene rings is 1. The number of methoxy groups -OCH3 is 1. The lowest BCUT2D eigenvalue weighted by Crippen LogP contribution is -2.21. The zero-order valence-electron chi connectivity index (χ0n) is 16.6. The van der Waals surface area contributed by atoms with Gasteiger partial charge in [-0.2, -0.15) is 0 Å². The molecule has 0 aliphatic rings. The first-order valence-electron chi connectivity index (χ1n) is 9.48. The fourth-order valence-electron chi connectivity index (χ4n) is 2.87. The molecule has 6 nitrogen and oxygen atoms in total. The molecular weight excluding hydrogens is 415 g/mol. The van der Waals surface area contributed by atoms with Gasteiger partial charge >= 0.3 is 0 Å². The zero-order valence-corrected chi connectivity index (χ0v) is 17.4. The highest BCUT2D eigenvalue weighted by Gasteiger charge is 2.12. The molecule has 31 heavy (non-hydrogen) atoms. The maximum atomic E-state index is 13.3. The van der Waals surface area contributed by atoms with Crippen molar-refractivity contribution in [2.45, 2.75) is 6.54 Å². The number of carbonyl (C=O) groups is 1. The van der Waals surface area contributed by atoms with E-state index in [1.54, 1.807) is 37.6 Å². The number of aromatic nitrogens is 2. The van der Waals surface area contributed by atoms with Crippen LogP contribution in [0.4, 0.5) is 16.0 Å². The molecule has 0 atom stereocenters. The van der Waals surface area contributed by atoms with Crippen LogP contribution in [-0.4, -0.2) is 23.0 Å². The van der Waals surface area contributed by atoms with Crippen LogP contribution in [0.2, 0.25) is 0 Å². The smallest absolute Gasteiger partial charge is 0.261 e. The molecule has 4 aromatic rings. The van der Waals surface area contributed by atoms with E-state index in [2.05, 4.69) is 20.6 Å². The second kappa shape index (κ2) is 9.36. The van der Waals surface area contributed by atoms with Gasteiger partial charge in [0.05, 0.1) is 22.6 Å². The van der Waals surface area contributed by atoms with Gasteiger partial charge in [0, 0.05) is 18.4 Å². The number of benzene rings is 2. The van der Waals surface area contributed by atoms with Crippen LogP contribution < -0.4 is 15.4 Å². The monoisotopic (exact) mass is 434 g/mol. The Kier molecular flexibility index (Phi) is 6.18. The largest absolute Gasteiger partial charge is 0.497 e. The molecule has 8 heteroatoms. The number of anilines is 2. The molecule has 2 aromatic carbocycles. The molecule has 0 aliphatic heterocycles. The van der Waals surface area contributed by atoms with Crippen molar-refractivity contribution in [3.63, 3.8) is 0 Å². The number of nitrogens with one attached hydrogen (secondary N) is 2. The van der Waals surface area contributed by atoms with Crippen LogP contribution >= 0.6 is 11.3 Å². The quantitative estimate of drug-likeness (QED) is 0.427. The van der Waals surface area contributed by atoms with Crippen molar-refractivity contribution in [1.82, 2.24) is 15.3 Å². The summed E-state index contributed by atoms with van der Waals surface area (Å²) in [5.74, 6) is 0.675. The van der Waals surface area contributed by atoms with Gasteiger partial charge in [0.25, 0.3) is 5.91 Å². The van der Waals surface area contributed by atoms with Crippen molar-refractivity contribution < 1.29 is 13.9 Å². The molecule has 2 heterocycles. The summed E-state index contributed by atoms with van der Waals surface area (Å²) < 4.78 is 18.4. The van der Waals surface area contributed by atoms with Crippen molar-refractivity contribution in [1.29, 1.82) is 0 Å². The van der Waals surface area contributed by atoms with Gasteiger partial charge in [0.1, 0.15) is 11.6 Å². The Morgan fingerprint density at radius 2 is 1.94 bits per heavy atom. The highest BCUT2D eigenvalue weighted by atomic mass is 32.1. The fourth-order valence-corrected chi connectivity index (χ4v) is 3.77. The van der Waals surface area contributed by atoms with Gasteiger partial charge in [0.2, 0.25) is 5.95 Å². The van der Waals surface area contributed by atoms with Gasteiger partial charge in [-0.25, -0.2) is 14.4 Å². The van der Waals surface area contributed by atoms with Gasteiger partial charge in [-0.3, -0.25) is 4.79 Å². The Labute approximate surface area is 182 Å². The molecule has 0 radical (unpaired) electrons. The Balaban J connectivity index is 1.43. The normalized spacial score (nSPS) is 10.5. The minimum atomic E-state index is -0.326. The topological polar surface area (TPSA) is 76.1 Å². The number of hydrogen-bond acceptors (Lipinski definition) is 6. The maximum absolute atomic E-state index is 13.3. The summed E-state index contributed by atoms with van der Waals surface area (Å²) in [6.07, 6.45) is 1.66. The highest BCUT2D eigenvalue weighted by Crippen LogP contribution is 2.27. The zero-order chi connectivity index (χ0) is 21.6. The maximum Gasteiger partial charge on any atom is 0.261 e. The summed E-state index contributed by atoms with van der Waals surface area (Å²) in [6, 6.07) is 19.0. The van der Waals surface area contributed by atoms with Gasteiger partial charge in [-0.15, -0.1) is 11.3 Å². The molecular formula is C23H19FN4O2S. The number of rotatable bonds is 7. The Morgan fingerprint density at radius 1 is 1.10 bits per heavy atom. The summed E-state index contributed by atoms with van der Waals surface area (Å²) in [5, 5.41) is 5.97. The standard InChI is InChI=1S/C23H19FN4O2S/c1-30-18-7-5-17(6-8-18)27-23-25-12-11-19(28-23)20-9-10-21(31-20)22(29)26-14-15-3-2-4-16(24)13-15/h2-13H,14H2,1H3,(H,26,29)(H,25,27,28). The first-order chi connectivity index (χ1) is 15.1. The second-order valence-corrected chi connectivity index (χ2v) is 7.68. The van der Waals surface area contributed by atoms with E-state index in [1.807, 2.05) is 30.3 Å². The van der Waals surface area contributed by atoms with Gasteiger partial charge < -0.3 is 15.4 Å². The molecule has 0 bridgehead atoms.